The predicted octanol–water partition coefficient (Wildman–Crippen LogP) is 1.81. The Bertz CT molecular complexity index is 828. The van der Waals surface area contributed by atoms with Crippen LogP contribution in [0.15, 0.2) is 30.9 Å². The second-order valence-corrected chi connectivity index (χ2v) is 5.37. The van der Waals surface area contributed by atoms with Gasteiger partial charge in [0.2, 0.25) is 0 Å². The van der Waals surface area contributed by atoms with E-state index >= 15 is 0 Å². The lowest BCUT2D eigenvalue weighted by atomic mass is 10.1. The second kappa shape index (κ2) is 4.44. The van der Waals surface area contributed by atoms with Crippen molar-refractivity contribution in [1.29, 1.82) is 0 Å². The maximum atomic E-state index is 12.3. The fraction of sp³-hybridized carbons (Fsp3) is 0.267. The molecule has 0 bridgehead atoms. The van der Waals surface area contributed by atoms with Gasteiger partial charge in [-0.3, -0.25) is 9.48 Å². The molecule has 0 radical (unpaired) electrons. The van der Waals surface area contributed by atoms with E-state index in [1.807, 2.05) is 36.6 Å². The summed E-state index contributed by atoms with van der Waals surface area (Å²) in [5.41, 5.74) is 3.46. The fourth-order valence-electron chi connectivity index (χ4n) is 2.62. The van der Waals surface area contributed by atoms with Crippen LogP contribution in [0.25, 0.3) is 22.2 Å². The van der Waals surface area contributed by atoms with Crippen molar-refractivity contribution in [3.8, 4) is 11.1 Å². The Morgan fingerprint density at radius 1 is 1.33 bits per heavy atom. The van der Waals surface area contributed by atoms with Crippen molar-refractivity contribution in [3.63, 3.8) is 0 Å². The molecule has 3 aromatic heterocycles. The zero-order chi connectivity index (χ0) is 14.4. The van der Waals surface area contributed by atoms with Crippen LogP contribution in [0.4, 0.5) is 0 Å². The monoisotopic (exact) mass is 281 g/mol. The second-order valence-electron chi connectivity index (χ2n) is 5.37. The van der Waals surface area contributed by atoms with Crippen LogP contribution in [0, 0.1) is 0 Å². The summed E-state index contributed by atoms with van der Waals surface area (Å²) < 4.78 is 1.76. The number of aromatic amines is 1. The number of nitrogens with one attached hydrogen (secondary N) is 1. The summed E-state index contributed by atoms with van der Waals surface area (Å²) in [4.78, 5) is 21.7. The Hall–Kier alpha value is -2.63. The minimum Gasteiger partial charge on any atom is -0.346 e. The van der Waals surface area contributed by atoms with Crippen LogP contribution in [-0.4, -0.2) is 43.6 Å². The number of rotatable bonds is 2. The number of fused-ring (bicyclic) bond motifs is 1. The van der Waals surface area contributed by atoms with Crippen molar-refractivity contribution >= 4 is 16.9 Å². The lowest BCUT2D eigenvalue weighted by Gasteiger charge is -2.30. The standard InChI is InChI=1S/C15H15N5O/c1-19-9-11(7-18-19)13-8-17-14-12(13)5-10(6-16-14)15(21)20-3-2-4-20/h5-9H,2-4H2,1H3,(H,16,17). The van der Waals surface area contributed by atoms with Crippen LogP contribution in [0.5, 0.6) is 0 Å². The molecular formula is C15H15N5O. The maximum Gasteiger partial charge on any atom is 0.255 e. The van der Waals surface area contributed by atoms with Crippen molar-refractivity contribution in [2.75, 3.05) is 13.1 Å². The minimum absolute atomic E-state index is 0.0639. The van der Waals surface area contributed by atoms with Gasteiger partial charge in [-0.15, -0.1) is 0 Å². The van der Waals surface area contributed by atoms with Crippen LogP contribution in [0.2, 0.25) is 0 Å². The van der Waals surface area contributed by atoms with Gasteiger partial charge in [-0.2, -0.15) is 5.10 Å². The van der Waals surface area contributed by atoms with E-state index in [0.29, 0.717) is 5.56 Å². The number of H-pyrrole nitrogens is 1. The molecule has 106 valence electrons. The van der Waals surface area contributed by atoms with Crippen LogP contribution in [-0.2, 0) is 7.05 Å². The molecule has 4 heterocycles. The molecule has 1 amide bonds. The van der Waals surface area contributed by atoms with Gasteiger partial charge >= 0.3 is 0 Å². The topological polar surface area (TPSA) is 66.8 Å². The molecule has 1 aliphatic heterocycles. The first-order chi connectivity index (χ1) is 10.2. The molecule has 0 aromatic carbocycles. The number of pyridine rings is 1. The Morgan fingerprint density at radius 2 is 2.19 bits per heavy atom. The molecule has 6 heteroatoms. The SMILES string of the molecule is Cn1cc(-c2c[nH]c3ncc(C(=O)N4CCC4)cc23)cn1. The zero-order valence-electron chi connectivity index (χ0n) is 11.7. The fourth-order valence-corrected chi connectivity index (χ4v) is 2.62. The number of aromatic nitrogens is 4. The molecule has 1 saturated heterocycles. The Kier molecular flexibility index (Phi) is 2.57. The molecule has 0 spiro atoms. The number of hydrogen-bond acceptors (Lipinski definition) is 3. The average molecular weight is 281 g/mol. The van der Waals surface area contributed by atoms with Crippen molar-refractivity contribution in [2.45, 2.75) is 6.42 Å². The molecule has 21 heavy (non-hydrogen) atoms. The highest BCUT2D eigenvalue weighted by atomic mass is 16.2. The molecule has 0 atom stereocenters. The highest BCUT2D eigenvalue weighted by Crippen LogP contribution is 2.28. The maximum absolute atomic E-state index is 12.3. The molecular weight excluding hydrogens is 266 g/mol. The smallest absolute Gasteiger partial charge is 0.255 e. The first kappa shape index (κ1) is 12.1. The number of hydrogen-bond donors (Lipinski definition) is 1. The third-order valence-corrected chi connectivity index (χ3v) is 3.94. The third kappa shape index (κ3) is 1.91. The van der Waals surface area contributed by atoms with Crippen LogP contribution < -0.4 is 0 Å². The molecule has 6 nitrogen and oxygen atoms in total. The van der Waals surface area contributed by atoms with Gasteiger partial charge in [0.05, 0.1) is 11.8 Å². The average Bonchev–Trinajstić information content (AvgIpc) is 3.01. The summed E-state index contributed by atoms with van der Waals surface area (Å²) in [6, 6.07) is 1.92. The Labute approximate surface area is 121 Å². The molecule has 0 aliphatic carbocycles. The van der Waals surface area contributed by atoms with Gasteiger partial charge in [0.15, 0.2) is 0 Å². The predicted molar refractivity (Wildman–Crippen MR) is 78.8 cm³/mol. The number of aryl methyl sites for hydroxylation is 1. The van der Waals surface area contributed by atoms with E-state index in [9.17, 15) is 4.79 Å². The molecule has 1 aliphatic rings. The summed E-state index contributed by atoms with van der Waals surface area (Å²) in [5.74, 6) is 0.0639. The summed E-state index contributed by atoms with van der Waals surface area (Å²) in [7, 11) is 1.88. The van der Waals surface area contributed by atoms with E-state index in [0.717, 1.165) is 41.7 Å². The van der Waals surface area contributed by atoms with Gasteiger partial charge in [0, 0.05) is 55.2 Å². The molecule has 4 rings (SSSR count). The number of amides is 1. The number of carbonyl (C=O) groups excluding carboxylic acids is 1. The normalized spacial score (nSPS) is 14.4. The van der Waals surface area contributed by atoms with E-state index in [-0.39, 0.29) is 5.91 Å². The van der Waals surface area contributed by atoms with Gasteiger partial charge in [-0.25, -0.2) is 4.98 Å². The third-order valence-electron chi connectivity index (χ3n) is 3.94. The molecule has 3 aromatic rings. The van der Waals surface area contributed by atoms with Crippen molar-refractivity contribution < 1.29 is 4.79 Å². The largest absolute Gasteiger partial charge is 0.346 e. The van der Waals surface area contributed by atoms with E-state index in [4.69, 9.17) is 0 Å². The van der Waals surface area contributed by atoms with Crippen molar-refractivity contribution in [3.05, 3.63) is 36.4 Å². The first-order valence-corrected chi connectivity index (χ1v) is 6.98. The van der Waals surface area contributed by atoms with E-state index in [2.05, 4.69) is 15.1 Å². The summed E-state index contributed by atoms with van der Waals surface area (Å²) >= 11 is 0. The van der Waals surface area contributed by atoms with Gasteiger partial charge in [-0.1, -0.05) is 0 Å². The van der Waals surface area contributed by atoms with E-state index in [1.54, 1.807) is 10.9 Å². The number of likely N-dealkylation sites (tertiary alicyclic amines) is 1. The van der Waals surface area contributed by atoms with E-state index in [1.165, 1.54) is 0 Å². The summed E-state index contributed by atoms with van der Waals surface area (Å²) in [6.45, 7) is 1.69. The van der Waals surface area contributed by atoms with Crippen LogP contribution in [0.3, 0.4) is 0 Å². The highest BCUT2D eigenvalue weighted by Gasteiger charge is 2.22. The molecule has 1 fully saturated rings. The summed E-state index contributed by atoms with van der Waals surface area (Å²) in [5, 5.41) is 5.15. The first-order valence-electron chi connectivity index (χ1n) is 6.98. The van der Waals surface area contributed by atoms with E-state index < -0.39 is 0 Å². The molecule has 0 unspecified atom stereocenters. The highest BCUT2D eigenvalue weighted by molar-refractivity contribution is 6.01. The van der Waals surface area contributed by atoms with Crippen molar-refractivity contribution in [1.82, 2.24) is 24.6 Å². The molecule has 0 saturated carbocycles. The Morgan fingerprint density at radius 3 is 2.86 bits per heavy atom. The van der Waals surface area contributed by atoms with Gasteiger partial charge in [0.25, 0.3) is 5.91 Å². The zero-order valence-corrected chi connectivity index (χ0v) is 11.7. The van der Waals surface area contributed by atoms with Gasteiger partial charge in [-0.05, 0) is 12.5 Å². The molecule has 1 N–H and O–H groups in total. The Balaban J connectivity index is 1.80. The van der Waals surface area contributed by atoms with Crippen LogP contribution in [0.1, 0.15) is 16.8 Å². The van der Waals surface area contributed by atoms with Gasteiger partial charge < -0.3 is 9.88 Å². The van der Waals surface area contributed by atoms with Gasteiger partial charge in [0.1, 0.15) is 5.65 Å². The summed E-state index contributed by atoms with van der Waals surface area (Å²) in [6.07, 6.45) is 8.41. The quantitative estimate of drug-likeness (QED) is 0.779. The van der Waals surface area contributed by atoms with Crippen LogP contribution >= 0.6 is 0 Å². The van der Waals surface area contributed by atoms with Crippen molar-refractivity contribution in [2.24, 2.45) is 7.05 Å². The lowest BCUT2D eigenvalue weighted by Crippen LogP contribution is -2.42. The number of carbonyl (C=O) groups is 1. The lowest BCUT2D eigenvalue weighted by molar-refractivity contribution is 0.0651. The minimum atomic E-state index is 0.0639. The number of nitrogens with zero attached hydrogens (tertiary/aromatic N) is 4.